The molecule has 0 bridgehead atoms. The maximum Gasteiger partial charge on any atom is 0.122 e. The number of hydrogen-bond acceptors (Lipinski definition) is 2. The van der Waals surface area contributed by atoms with Crippen molar-refractivity contribution in [2.45, 2.75) is 58.4 Å². The second-order valence-corrected chi connectivity index (χ2v) is 7.21. The van der Waals surface area contributed by atoms with Crippen LogP contribution < -0.4 is 10.1 Å². The third kappa shape index (κ3) is 7.30. The van der Waals surface area contributed by atoms with Gasteiger partial charge in [-0.2, -0.15) is 0 Å². The highest BCUT2D eigenvalue weighted by atomic mass is 79.9. The average Bonchev–Trinajstić information content (AvgIpc) is 2.36. The zero-order valence-electron chi connectivity index (χ0n) is 13.3. The Kier molecular flexibility index (Phi) is 7.60. The molecule has 0 heterocycles. The minimum absolute atomic E-state index is 0.240. The van der Waals surface area contributed by atoms with Crippen LogP contribution in [0.25, 0.3) is 0 Å². The summed E-state index contributed by atoms with van der Waals surface area (Å²) in [6.45, 7) is 7.76. The van der Waals surface area contributed by atoms with E-state index >= 15 is 0 Å². The number of nitrogens with one attached hydrogen (secondary N) is 1. The normalized spacial score (nSPS) is 11.7. The standard InChI is InChI=1S/C17H28BrNO/c1-17(2,3)19-12-8-6-5-7-9-14-13-15(18)10-11-16(14)20-4/h10-11,13,19H,5-9,12H2,1-4H3. The van der Waals surface area contributed by atoms with Gasteiger partial charge in [0.15, 0.2) is 0 Å². The highest BCUT2D eigenvalue weighted by Crippen LogP contribution is 2.24. The molecule has 114 valence electrons. The molecule has 0 aromatic heterocycles. The predicted octanol–water partition coefficient (Wildman–Crippen LogP) is 4.95. The number of ether oxygens (including phenoxy) is 1. The van der Waals surface area contributed by atoms with Crippen molar-refractivity contribution in [2.24, 2.45) is 0 Å². The van der Waals surface area contributed by atoms with Crippen LogP contribution in [0.2, 0.25) is 0 Å². The molecule has 0 atom stereocenters. The molecule has 0 aliphatic rings. The van der Waals surface area contributed by atoms with E-state index in [1.54, 1.807) is 7.11 Å². The van der Waals surface area contributed by atoms with Crippen molar-refractivity contribution in [3.8, 4) is 5.75 Å². The Morgan fingerprint density at radius 3 is 2.45 bits per heavy atom. The van der Waals surface area contributed by atoms with E-state index in [1.807, 2.05) is 12.1 Å². The number of methoxy groups -OCH3 is 1. The van der Waals surface area contributed by atoms with Crippen LogP contribution in [0.15, 0.2) is 22.7 Å². The third-order valence-electron chi connectivity index (χ3n) is 3.27. The van der Waals surface area contributed by atoms with Crippen LogP contribution in [-0.2, 0) is 6.42 Å². The number of unbranched alkanes of at least 4 members (excludes halogenated alkanes) is 3. The van der Waals surface area contributed by atoms with E-state index in [1.165, 1.54) is 31.2 Å². The predicted molar refractivity (Wildman–Crippen MR) is 90.6 cm³/mol. The van der Waals surface area contributed by atoms with Crippen LogP contribution >= 0.6 is 15.9 Å². The topological polar surface area (TPSA) is 21.3 Å². The molecule has 1 rings (SSSR count). The van der Waals surface area contributed by atoms with Gasteiger partial charge in [0.2, 0.25) is 0 Å². The summed E-state index contributed by atoms with van der Waals surface area (Å²) in [6.07, 6.45) is 6.14. The fourth-order valence-electron chi connectivity index (χ4n) is 2.20. The summed E-state index contributed by atoms with van der Waals surface area (Å²) in [5.41, 5.74) is 1.54. The molecule has 0 spiro atoms. The van der Waals surface area contributed by atoms with Gasteiger partial charge in [-0.25, -0.2) is 0 Å². The van der Waals surface area contributed by atoms with E-state index in [2.05, 4.69) is 48.1 Å². The first-order valence-corrected chi connectivity index (χ1v) is 8.29. The van der Waals surface area contributed by atoms with E-state index in [0.29, 0.717) is 0 Å². The zero-order valence-corrected chi connectivity index (χ0v) is 14.8. The van der Waals surface area contributed by atoms with Gasteiger partial charge in [0.25, 0.3) is 0 Å². The minimum Gasteiger partial charge on any atom is -0.496 e. The Balaban J connectivity index is 2.20. The number of rotatable bonds is 8. The zero-order chi connectivity index (χ0) is 15.0. The Morgan fingerprint density at radius 2 is 1.80 bits per heavy atom. The van der Waals surface area contributed by atoms with E-state index < -0.39 is 0 Å². The highest BCUT2D eigenvalue weighted by Gasteiger charge is 2.07. The third-order valence-corrected chi connectivity index (χ3v) is 3.76. The lowest BCUT2D eigenvalue weighted by atomic mass is 10.0. The lowest BCUT2D eigenvalue weighted by molar-refractivity contribution is 0.407. The number of hydrogen-bond donors (Lipinski definition) is 1. The molecule has 0 amide bonds. The Labute approximate surface area is 132 Å². The molecule has 0 fully saturated rings. The molecule has 20 heavy (non-hydrogen) atoms. The first-order chi connectivity index (χ1) is 9.42. The van der Waals surface area contributed by atoms with Gasteiger partial charge in [-0.3, -0.25) is 0 Å². The molecule has 1 N–H and O–H groups in total. The summed E-state index contributed by atoms with van der Waals surface area (Å²) in [5.74, 6) is 1.00. The Bertz CT molecular complexity index is 398. The second-order valence-electron chi connectivity index (χ2n) is 6.30. The number of aryl methyl sites for hydroxylation is 1. The van der Waals surface area contributed by atoms with Gasteiger partial charge in [0, 0.05) is 10.0 Å². The van der Waals surface area contributed by atoms with Crippen molar-refractivity contribution in [3.63, 3.8) is 0 Å². The van der Waals surface area contributed by atoms with Crippen molar-refractivity contribution < 1.29 is 4.74 Å². The summed E-state index contributed by atoms with van der Waals surface area (Å²) < 4.78 is 6.53. The monoisotopic (exact) mass is 341 g/mol. The summed E-state index contributed by atoms with van der Waals surface area (Å²) in [7, 11) is 1.74. The molecule has 0 aliphatic carbocycles. The molecule has 1 aromatic rings. The molecular weight excluding hydrogens is 314 g/mol. The maximum absolute atomic E-state index is 5.40. The van der Waals surface area contributed by atoms with Gasteiger partial charge < -0.3 is 10.1 Å². The van der Waals surface area contributed by atoms with Crippen LogP contribution in [-0.4, -0.2) is 19.2 Å². The van der Waals surface area contributed by atoms with E-state index in [4.69, 9.17) is 4.74 Å². The van der Waals surface area contributed by atoms with E-state index in [-0.39, 0.29) is 5.54 Å². The first kappa shape index (κ1) is 17.5. The van der Waals surface area contributed by atoms with Crippen LogP contribution in [0.3, 0.4) is 0 Å². The Morgan fingerprint density at radius 1 is 1.10 bits per heavy atom. The molecule has 2 nitrogen and oxygen atoms in total. The second kappa shape index (κ2) is 8.68. The van der Waals surface area contributed by atoms with Gasteiger partial charge in [0.05, 0.1) is 7.11 Å². The molecule has 0 saturated heterocycles. The highest BCUT2D eigenvalue weighted by molar-refractivity contribution is 9.10. The van der Waals surface area contributed by atoms with Crippen molar-refractivity contribution in [3.05, 3.63) is 28.2 Å². The maximum atomic E-state index is 5.40. The van der Waals surface area contributed by atoms with Crippen molar-refractivity contribution in [1.82, 2.24) is 5.32 Å². The van der Waals surface area contributed by atoms with Gasteiger partial charge in [-0.15, -0.1) is 0 Å². The summed E-state index contributed by atoms with van der Waals surface area (Å²) in [6, 6.07) is 6.23. The fraction of sp³-hybridized carbons (Fsp3) is 0.647. The van der Waals surface area contributed by atoms with E-state index in [9.17, 15) is 0 Å². The van der Waals surface area contributed by atoms with Gasteiger partial charge in [-0.05, 0) is 70.3 Å². The number of halogens is 1. The van der Waals surface area contributed by atoms with Crippen LogP contribution in [0.1, 0.15) is 52.0 Å². The quantitative estimate of drug-likeness (QED) is 0.675. The lowest BCUT2D eigenvalue weighted by Crippen LogP contribution is -2.36. The number of benzene rings is 1. The molecule has 3 heteroatoms. The van der Waals surface area contributed by atoms with Crippen LogP contribution in [0, 0.1) is 0 Å². The average molecular weight is 342 g/mol. The van der Waals surface area contributed by atoms with E-state index in [0.717, 1.165) is 23.2 Å². The largest absolute Gasteiger partial charge is 0.496 e. The molecule has 1 aromatic carbocycles. The first-order valence-electron chi connectivity index (χ1n) is 7.50. The molecule has 0 saturated carbocycles. The van der Waals surface area contributed by atoms with Crippen molar-refractivity contribution >= 4 is 15.9 Å². The van der Waals surface area contributed by atoms with Crippen molar-refractivity contribution in [2.75, 3.05) is 13.7 Å². The lowest BCUT2D eigenvalue weighted by Gasteiger charge is -2.20. The van der Waals surface area contributed by atoms with Gasteiger partial charge in [0.1, 0.15) is 5.75 Å². The minimum atomic E-state index is 0.240. The Hall–Kier alpha value is -0.540. The van der Waals surface area contributed by atoms with Gasteiger partial charge in [-0.1, -0.05) is 28.8 Å². The summed E-state index contributed by atoms with van der Waals surface area (Å²) in [4.78, 5) is 0. The van der Waals surface area contributed by atoms with Crippen LogP contribution in [0.5, 0.6) is 5.75 Å². The molecule has 0 unspecified atom stereocenters. The molecule has 0 radical (unpaired) electrons. The van der Waals surface area contributed by atoms with Crippen LogP contribution in [0.4, 0.5) is 0 Å². The SMILES string of the molecule is COc1ccc(Br)cc1CCCCCCNC(C)(C)C. The summed E-state index contributed by atoms with van der Waals surface area (Å²) in [5, 5.41) is 3.53. The van der Waals surface area contributed by atoms with Gasteiger partial charge >= 0.3 is 0 Å². The van der Waals surface area contributed by atoms with Crippen molar-refractivity contribution in [1.29, 1.82) is 0 Å². The molecular formula is C17H28BrNO. The molecule has 0 aliphatic heterocycles. The fourth-order valence-corrected chi connectivity index (χ4v) is 2.61. The summed E-state index contributed by atoms with van der Waals surface area (Å²) >= 11 is 3.52. The smallest absolute Gasteiger partial charge is 0.122 e.